The van der Waals surface area contributed by atoms with Crippen molar-refractivity contribution in [3.63, 3.8) is 0 Å². The number of halogens is 2. The summed E-state index contributed by atoms with van der Waals surface area (Å²) in [6.07, 6.45) is 3.51. The fourth-order valence-corrected chi connectivity index (χ4v) is 3.60. The zero-order chi connectivity index (χ0) is 22.4. The van der Waals surface area contributed by atoms with Crippen LogP contribution in [0.25, 0.3) is 11.1 Å². The van der Waals surface area contributed by atoms with Crippen molar-refractivity contribution in [3.8, 4) is 11.1 Å². The number of oxazole rings is 1. The molecule has 3 aromatic rings. The van der Waals surface area contributed by atoms with Crippen molar-refractivity contribution < 1.29 is 18.7 Å². The molecule has 0 aliphatic carbocycles. The molecule has 2 unspecified atom stereocenters. The van der Waals surface area contributed by atoms with Gasteiger partial charge in [0.25, 0.3) is 0 Å². The summed E-state index contributed by atoms with van der Waals surface area (Å²) in [7, 11) is 0. The van der Waals surface area contributed by atoms with Crippen LogP contribution in [0.15, 0.2) is 53.1 Å². The Morgan fingerprint density at radius 3 is 2.65 bits per heavy atom. The number of carboxylic acid groups (broad SMARTS) is 1. The number of aliphatic carboxylic acids is 1. The number of nitrogens with zero attached hydrogens (tertiary/aromatic N) is 1. The smallest absolute Gasteiger partial charge is 0.306 e. The minimum Gasteiger partial charge on any atom is -0.481 e. The largest absolute Gasteiger partial charge is 0.481 e. The van der Waals surface area contributed by atoms with Crippen molar-refractivity contribution in [1.29, 1.82) is 0 Å². The molecule has 0 spiro atoms. The van der Waals surface area contributed by atoms with Crippen LogP contribution in [0.1, 0.15) is 37.5 Å². The Labute approximate surface area is 186 Å². The van der Waals surface area contributed by atoms with Crippen LogP contribution in [-0.2, 0) is 24.2 Å². The second kappa shape index (κ2) is 10.6. The number of hydrogen-bond acceptors (Lipinski definition) is 4. The van der Waals surface area contributed by atoms with Crippen molar-refractivity contribution in [2.45, 2.75) is 45.7 Å². The zero-order valence-electron chi connectivity index (χ0n) is 17.6. The normalized spacial score (nSPS) is 13.2. The van der Waals surface area contributed by atoms with Gasteiger partial charge in [-0.3, -0.25) is 4.79 Å². The summed E-state index contributed by atoms with van der Waals surface area (Å²) in [4.78, 5) is 15.6. The van der Waals surface area contributed by atoms with Gasteiger partial charge < -0.3 is 14.8 Å². The van der Waals surface area contributed by atoms with Crippen molar-refractivity contribution in [1.82, 2.24) is 10.3 Å². The monoisotopic (exact) mass is 444 g/mol. The first-order chi connectivity index (χ1) is 14.9. The number of rotatable bonds is 10. The van der Waals surface area contributed by atoms with Crippen LogP contribution in [-0.4, -0.2) is 22.1 Å². The summed E-state index contributed by atoms with van der Waals surface area (Å²) in [5, 5.41) is 13.2. The minimum atomic E-state index is -0.827. The Balaban J connectivity index is 1.71. The Hall–Kier alpha value is -2.70. The number of aryl methyl sites for hydroxylation is 1. The third-order valence-corrected chi connectivity index (χ3v) is 5.44. The van der Waals surface area contributed by atoms with Gasteiger partial charge in [-0.05, 0) is 42.2 Å². The predicted octanol–water partition coefficient (Wildman–Crippen LogP) is 5.51. The molecule has 5 nitrogen and oxygen atoms in total. The first-order valence-corrected chi connectivity index (χ1v) is 10.7. The molecule has 164 valence electrons. The fourth-order valence-electron chi connectivity index (χ4n) is 3.43. The van der Waals surface area contributed by atoms with Gasteiger partial charge in [0.05, 0.1) is 18.7 Å². The Morgan fingerprint density at radius 2 is 2.00 bits per heavy atom. The molecule has 2 N–H and O–H groups in total. The average Bonchev–Trinajstić information content (AvgIpc) is 3.22. The van der Waals surface area contributed by atoms with Crippen LogP contribution in [0, 0.1) is 11.7 Å². The second-order valence-electron chi connectivity index (χ2n) is 7.65. The van der Waals surface area contributed by atoms with E-state index in [2.05, 4.69) is 10.3 Å². The van der Waals surface area contributed by atoms with E-state index in [4.69, 9.17) is 16.0 Å². The van der Waals surface area contributed by atoms with Crippen molar-refractivity contribution in [3.05, 3.63) is 76.7 Å². The molecule has 2 aromatic carbocycles. The van der Waals surface area contributed by atoms with Crippen molar-refractivity contribution in [2.24, 2.45) is 5.92 Å². The SMILES string of the molecule is CCc1ncc(CNC(Cc2ccc(-c3cc(Cl)ccc3F)cc2)CC(C)C(=O)O)o1. The highest BCUT2D eigenvalue weighted by Crippen LogP contribution is 2.26. The van der Waals surface area contributed by atoms with Gasteiger partial charge in [0.15, 0.2) is 5.89 Å². The lowest BCUT2D eigenvalue weighted by molar-refractivity contribution is -0.141. The van der Waals surface area contributed by atoms with Crippen molar-refractivity contribution >= 4 is 17.6 Å². The number of carbonyl (C=O) groups is 1. The molecule has 0 aliphatic heterocycles. The van der Waals surface area contributed by atoms with E-state index in [-0.39, 0.29) is 11.9 Å². The lowest BCUT2D eigenvalue weighted by Crippen LogP contribution is -2.34. The van der Waals surface area contributed by atoms with Crippen LogP contribution in [0.3, 0.4) is 0 Å². The fraction of sp³-hybridized carbons (Fsp3) is 0.333. The number of nitrogens with one attached hydrogen (secondary N) is 1. The van der Waals surface area contributed by atoms with Gasteiger partial charge in [-0.1, -0.05) is 49.7 Å². The summed E-state index contributed by atoms with van der Waals surface area (Å²) in [6, 6.07) is 12.0. The van der Waals surface area contributed by atoms with E-state index in [0.717, 1.165) is 23.3 Å². The summed E-state index contributed by atoms with van der Waals surface area (Å²) in [5.41, 5.74) is 2.21. The second-order valence-corrected chi connectivity index (χ2v) is 8.09. The molecule has 0 saturated heterocycles. The molecule has 0 aliphatic rings. The van der Waals surface area contributed by atoms with E-state index in [0.29, 0.717) is 35.9 Å². The molecular weight excluding hydrogens is 419 g/mol. The lowest BCUT2D eigenvalue weighted by atomic mass is 9.95. The van der Waals surface area contributed by atoms with Crippen LogP contribution in [0.2, 0.25) is 5.02 Å². The maximum absolute atomic E-state index is 14.1. The number of benzene rings is 2. The molecule has 7 heteroatoms. The third-order valence-electron chi connectivity index (χ3n) is 5.20. The quantitative estimate of drug-likeness (QED) is 0.431. The number of hydrogen-bond donors (Lipinski definition) is 2. The van der Waals surface area contributed by atoms with Gasteiger partial charge >= 0.3 is 5.97 Å². The molecule has 1 heterocycles. The van der Waals surface area contributed by atoms with E-state index in [1.165, 1.54) is 12.1 Å². The van der Waals surface area contributed by atoms with Crippen molar-refractivity contribution in [2.75, 3.05) is 0 Å². The Bertz CT molecular complexity index is 1020. The highest BCUT2D eigenvalue weighted by molar-refractivity contribution is 6.30. The molecule has 0 saturated carbocycles. The van der Waals surface area contributed by atoms with Gasteiger partial charge in [-0.2, -0.15) is 0 Å². The van der Waals surface area contributed by atoms with E-state index in [9.17, 15) is 14.3 Å². The molecule has 0 bridgehead atoms. The maximum Gasteiger partial charge on any atom is 0.306 e. The average molecular weight is 445 g/mol. The van der Waals surface area contributed by atoms with Gasteiger partial charge in [0, 0.05) is 23.0 Å². The molecule has 0 fully saturated rings. The van der Waals surface area contributed by atoms with E-state index in [1.54, 1.807) is 19.2 Å². The summed E-state index contributed by atoms with van der Waals surface area (Å²) in [6.45, 7) is 4.14. The van der Waals surface area contributed by atoms with E-state index in [1.807, 2.05) is 31.2 Å². The molecular formula is C24H26ClFN2O3. The number of aromatic nitrogens is 1. The molecule has 1 aromatic heterocycles. The van der Waals surface area contributed by atoms with Crippen LogP contribution in [0.5, 0.6) is 0 Å². The molecule has 0 radical (unpaired) electrons. The molecule has 31 heavy (non-hydrogen) atoms. The highest BCUT2D eigenvalue weighted by Gasteiger charge is 2.19. The third kappa shape index (κ3) is 6.39. The first kappa shape index (κ1) is 23.0. The van der Waals surface area contributed by atoms with Crippen LogP contribution >= 0.6 is 11.6 Å². The van der Waals surface area contributed by atoms with Gasteiger partial charge in [-0.15, -0.1) is 0 Å². The summed E-state index contributed by atoms with van der Waals surface area (Å²) >= 11 is 6.00. The molecule has 0 amide bonds. The van der Waals surface area contributed by atoms with Gasteiger partial charge in [0.2, 0.25) is 0 Å². The predicted molar refractivity (Wildman–Crippen MR) is 118 cm³/mol. The van der Waals surface area contributed by atoms with Crippen LogP contribution < -0.4 is 5.32 Å². The first-order valence-electron chi connectivity index (χ1n) is 10.3. The standard InChI is InChI=1S/C24H26ClFN2O3/c1-3-23-28-14-20(31-23)13-27-19(10-15(2)24(29)30)11-16-4-6-17(7-5-16)21-12-18(25)8-9-22(21)26/h4-9,12,14-15,19,27H,3,10-11,13H2,1-2H3,(H,29,30). The van der Waals surface area contributed by atoms with E-state index >= 15 is 0 Å². The maximum atomic E-state index is 14.1. The molecule has 3 rings (SSSR count). The zero-order valence-corrected chi connectivity index (χ0v) is 18.3. The highest BCUT2D eigenvalue weighted by atomic mass is 35.5. The van der Waals surface area contributed by atoms with Gasteiger partial charge in [0.1, 0.15) is 11.6 Å². The minimum absolute atomic E-state index is 0.0740. The molecule has 2 atom stereocenters. The summed E-state index contributed by atoms with van der Waals surface area (Å²) in [5.74, 6) is -0.247. The topological polar surface area (TPSA) is 75.4 Å². The Morgan fingerprint density at radius 1 is 1.26 bits per heavy atom. The Kier molecular flexibility index (Phi) is 7.82. The van der Waals surface area contributed by atoms with E-state index < -0.39 is 11.9 Å². The summed E-state index contributed by atoms with van der Waals surface area (Å²) < 4.78 is 19.8. The lowest BCUT2D eigenvalue weighted by Gasteiger charge is -2.20. The van der Waals surface area contributed by atoms with Gasteiger partial charge in [-0.25, -0.2) is 9.37 Å². The number of carboxylic acids is 1. The van der Waals surface area contributed by atoms with Crippen LogP contribution in [0.4, 0.5) is 4.39 Å².